The Hall–Kier alpha value is -0.200. The number of nitrogens with zero attached hydrogens (tertiary/aromatic N) is 1. The summed E-state index contributed by atoms with van der Waals surface area (Å²) in [6.07, 6.45) is 0. The lowest BCUT2D eigenvalue weighted by molar-refractivity contribution is 0.594. The lowest BCUT2D eigenvalue weighted by Gasteiger charge is -2.17. The molecule has 0 spiro atoms. The second kappa shape index (κ2) is 4.98. The Morgan fingerprint density at radius 2 is 1.94 bits per heavy atom. The molecule has 0 heterocycles. The lowest BCUT2D eigenvalue weighted by Crippen LogP contribution is -2.15. The molecule has 1 aromatic rings. The zero-order valence-corrected chi connectivity index (χ0v) is 12.6. The normalized spacial score (nSPS) is 13.6. The van der Waals surface area contributed by atoms with E-state index in [2.05, 4.69) is 28.6 Å². The fourth-order valence-corrected chi connectivity index (χ4v) is 3.87. The minimum absolute atomic E-state index is 0.279. The zero-order valence-electron chi connectivity index (χ0n) is 9.31. The van der Waals surface area contributed by atoms with E-state index in [1.165, 1.54) is 0 Å². The molecule has 1 aromatic carbocycles. The number of rotatable bonds is 3. The molecule has 0 N–H and O–H groups in total. The first kappa shape index (κ1) is 13.9. The van der Waals surface area contributed by atoms with E-state index in [1.807, 2.05) is 25.1 Å². The summed E-state index contributed by atoms with van der Waals surface area (Å²) < 4.78 is 23.9. The van der Waals surface area contributed by atoms with Gasteiger partial charge in [-0.1, -0.05) is 6.07 Å². The maximum Gasteiger partial charge on any atom is 0.191 e. The summed E-state index contributed by atoms with van der Waals surface area (Å²) in [4.78, 5) is 2.13. The van der Waals surface area contributed by atoms with Crippen molar-refractivity contribution in [2.75, 3.05) is 19.0 Å². The van der Waals surface area contributed by atoms with Crippen molar-refractivity contribution in [3.63, 3.8) is 0 Å². The third kappa shape index (κ3) is 2.55. The van der Waals surface area contributed by atoms with E-state index >= 15 is 0 Å². The van der Waals surface area contributed by atoms with Crippen molar-refractivity contribution in [3.8, 4) is 0 Å². The molecule has 3 nitrogen and oxygen atoms in total. The minimum atomic E-state index is -3.37. The topological polar surface area (TPSA) is 37.4 Å². The Kier molecular flexibility index (Phi) is 4.31. The summed E-state index contributed by atoms with van der Waals surface area (Å²) in [6.45, 7) is 1.55. The van der Waals surface area contributed by atoms with Crippen LogP contribution in [0.4, 0.5) is 5.69 Å². The molecule has 1 unspecified atom stereocenters. The highest BCUT2D eigenvalue weighted by Gasteiger charge is 2.24. The van der Waals surface area contributed by atoms with Crippen LogP contribution < -0.4 is 4.90 Å². The average Bonchev–Trinajstić information content (AvgIpc) is 2.16. The summed E-state index contributed by atoms with van der Waals surface area (Å²) in [5.74, 6) is 0. The second-order valence-corrected chi connectivity index (χ2v) is 7.78. The van der Waals surface area contributed by atoms with Gasteiger partial charge in [0.15, 0.2) is 9.84 Å². The summed E-state index contributed by atoms with van der Waals surface area (Å²) in [5.41, 5.74) is 0.829. The van der Waals surface area contributed by atoms with Gasteiger partial charge < -0.3 is 4.90 Å². The quantitative estimate of drug-likeness (QED) is 0.869. The molecule has 0 aliphatic carbocycles. The SMILES string of the molecule is CC(S)S(=O)(=O)c1cccc(N(C)C)c1Br. The summed E-state index contributed by atoms with van der Waals surface area (Å²) in [5, 5.41) is 0. The average molecular weight is 324 g/mol. The van der Waals surface area contributed by atoms with Crippen LogP contribution in [0, 0.1) is 0 Å². The largest absolute Gasteiger partial charge is 0.377 e. The van der Waals surface area contributed by atoms with Gasteiger partial charge in [-0.05, 0) is 35.0 Å². The molecule has 0 aliphatic heterocycles. The third-order valence-corrected chi connectivity index (χ3v) is 5.96. The van der Waals surface area contributed by atoms with Crippen LogP contribution in [0.25, 0.3) is 0 Å². The van der Waals surface area contributed by atoms with Gasteiger partial charge >= 0.3 is 0 Å². The molecule has 0 saturated heterocycles. The Labute approximate surface area is 110 Å². The fraction of sp³-hybridized carbons (Fsp3) is 0.400. The van der Waals surface area contributed by atoms with Crippen LogP contribution in [0.1, 0.15) is 6.92 Å². The summed E-state index contributed by atoms with van der Waals surface area (Å²) >= 11 is 7.33. The number of halogens is 1. The maximum atomic E-state index is 12.0. The van der Waals surface area contributed by atoms with E-state index in [9.17, 15) is 8.42 Å². The number of sulfone groups is 1. The minimum Gasteiger partial charge on any atom is -0.377 e. The van der Waals surface area contributed by atoms with Crippen molar-refractivity contribution >= 4 is 44.1 Å². The first-order valence-corrected chi connectivity index (χ1v) is 7.52. The highest BCUT2D eigenvalue weighted by atomic mass is 79.9. The van der Waals surface area contributed by atoms with Crippen LogP contribution >= 0.6 is 28.6 Å². The van der Waals surface area contributed by atoms with Gasteiger partial charge in [0.05, 0.1) is 15.1 Å². The first-order chi connectivity index (χ1) is 7.28. The van der Waals surface area contributed by atoms with Gasteiger partial charge in [0, 0.05) is 14.1 Å². The zero-order chi connectivity index (χ0) is 12.5. The molecule has 0 aliphatic rings. The molecule has 0 aromatic heterocycles. The summed E-state index contributed by atoms with van der Waals surface area (Å²) in [7, 11) is 0.351. The highest BCUT2D eigenvalue weighted by molar-refractivity contribution is 9.10. The van der Waals surface area contributed by atoms with Crippen LogP contribution in [0.3, 0.4) is 0 Å². The fourth-order valence-electron chi connectivity index (χ4n) is 1.25. The smallest absolute Gasteiger partial charge is 0.191 e. The number of benzene rings is 1. The molecule has 0 radical (unpaired) electrons. The van der Waals surface area contributed by atoms with Gasteiger partial charge in [-0.15, -0.1) is 0 Å². The van der Waals surface area contributed by atoms with Crippen molar-refractivity contribution < 1.29 is 8.42 Å². The monoisotopic (exact) mass is 323 g/mol. The van der Waals surface area contributed by atoms with Crippen molar-refractivity contribution in [1.29, 1.82) is 0 Å². The highest BCUT2D eigenvalue weighted by Crippen LogP contribution is 2.33. The van der Waals surface area contributed by atoms with Crippen molar-refractivity contribution in [2.45, 2.75) is 16.4 Å². The van der Waals surface area contributed by atoms with E-state index in [0.717, 1.165) is 5.69 Å². The van der Waals surface area contributed by atoms with Crippen LogP contribution in [0.15, 0.2) is 27.6 Å². The first-order valence-electron chi connectivity index (χ1n) is 4.66. The number of anilines is 1. The molecule has 16 heavy (non-hydrogen) atoms. The van der Waals surface area contributed by atoms with Gasteiger partial charge in [0.2, 0.25) is 0 Å². The van der Waals surface area contributed by atoms with Gasteiger partial charge in [-0.3, -0.25) is 0 Å². The lowest BCUT2D eigenvalue weighted by atomic mass is 10.3. The molecular formula is C10H14BrNO2S2. The van der Waals surface area contributed by atoms with Gasteiger partial charge in [-0.25, -0.2) is 8.42 Å². The number of hydrogen-bond acceptors (Lipinski definition) is 4. The van der Waals surface area contributed by atoms with E-state index < -0.39 is 14.4 Å². The molecule has 0 bridgehead atoms. The van der Waals surface area contributed by atoms with E-state index in [0.29, 0.717) is 4.47 Å². The van der Waals surface area contributed by atoms with E-state index in [1.54, 1.807) is 19.1 Å². The van der Waals surface area contributed by atoms with Crippen LogP contribution in [-0.4, -0.2) is 27.1 Å². The molecule has 0 saturated carbocycles. The van der Waals surface area contributed by atoms with Crippen LogP contribution in [0.2, 0.25) is 0 Å². The van der Waals surface area contributed by atoms with E-state index in [-0.39, 0.29) is 4.90 Å². The molecule has 0 amide bonds. The Morgan fingerprint density at radius 1 is 1.38 bits per heavy atom. The van der Waals surface area contributed by atoms with Crippen molar-refractivity contribution in [1.82, 2.24) is 0 Å². The standard InChI is InChI=1S/C10H14BrNO2S2/c1-7(15)16(13,14)9-6-4-5-8(10(9)11)12(2)3/h4-7,15H,1-3H3. The summed E-state index contributed by atoms with van der Waals surface area (Å²) in [6, 6.07) is 5.16. The second-order valence-electron chi connectivity index (χ2n) is 3.63. The Morgan fingerprint density at radius 3 is 2.38 bits per heavy atom. The third-order valence-electron chi connectivity index (χ3n) is 2.18. The van der Waals surface area contributed by atoms with Crippen molar-refractivity contribution in [2.24, 2.45) is 0 Å². The maximum absolute atomic E-state index is 12.0. The van der Waals surface area contributed by atoms with Crippen molar-refractivity contribution in [3.05, 3.63) is 22.7 Å². The molecule has 1 atom stereocenters. The van der Waals surface area contributed by atoms with Gasteiger partial charge in [0.25, 0.3) is 0 Å². The van der Waals surface area contributed by atoms with E-state index in [4.69, 9.17) is 0 Å². The predicted octanol–water partition coefficient (Wildman–Crippen LogP) is 2.56. The molecule has 1 rings (SSSR count). The van der Waals surface area contributed by atoms with Gasteiger partial charge in [0.1, 0.15) is 4.58 Å². The van der Waals surface area contributed by atoms with Crippen LogP contribution in [-0.2, 0) is 9.84 Å². The van der Waals surface area contributed by atoms with Gasteiger partial charge in [-0.2, -0.15) is 12.6 Å². The molecule has 90 valence electrons. The molecular weight excluding hydrogens is 310 g/mol. The molecule has 0 fully saturated rings. The van der Waals surface area contributed by atoms with Crippen LogP contribution in [0.5, 0.6) is 0 Å². The predicted molar refractivity (Wildman–Crippen MR) is 74.1 cm³/mol. The Balaban J connectivity index is 3.43. The molecule has 6 heteroatoms. The number of thiol groups is 1. The number of hydrogen-bond donors (Lipinski definition) is 1. The Bertz CT molecular complexity index is 484.